The summed E-state index contributed by atoms with van der Waals surface area (Å²) in [6.07, 6.45) is -1.56. The standard InChI is InChI=1S/C15H19N3O6S/c16-14(20)6-13(19)12-5-11(25)7-17(12)15(21)24-8-9-1-3-10(4-2-9)18(22)23/h1-4,11-13,19,25H,5-8H2,(H2,16,20)/t11-,12-,13?/m0/s1. The number of likely N-dealkylation sites (tertiary alicyclic amines) is 1. The number of aliphatic hydroxyl groups is 1. The van der Waals surface area contributed by atoms with E-state index in [1.165, 1.54) is 29.2 Å². The van der Waals surface area contributed by atoms with Crippen LogP contribution in [0.2, 0.25) is 0 Å². The van der Waals surface area contributed by atoms with E-state index in [9.17, 15) is 24.8 Å². The number of ether oxygens (including phenoxy) is 1. The predicted octanol–water partition coefficient (Wildman–Crippen LogP) is 0.840. The summed E-state index contributed by atoms with van der Waals surface area (Å²) in [6, 6.07) is 5.04. The van der Waals surface area contributed by atoms with Crippen LogP contribution in [0.4, 0.5) is 10.5 Å². The van der Waals surface area contributed by atoms with Crippen LogP contribution < -0.4 is 5.73 Å². The van der Waals surface area contributed by atoms with Crippen LogP contribution in [0.3, 0.4) is 0 Å². The Hall–Kier alpha value is -2.33. The van der Waals surface area contributed by atoms with Gasteiger partial charge in [0.15, 0.2) is 0 Å². The number of amides is 2. The van der Waals surface area contributed by atoms with Crippen LogP contribution in [0.1, 0.15) is 18.4 Å². The number of non-ortho nitro benzene ring substituents is 1. The number of rotatable bonds is 6. The minimum Gasteiger partial charge on any atom is -0.445 e. The summed E-state index contributed by atoms with van der Waals surface area (Å²) < 4.78 is 5.20. The van der Waals surface area contributed by atoms with Crippen molar-refractivity contribution in [1.82, 2.24) is 4.90 Å². The number of thiol groups is 1. The zero-order chi connectivity index (χ0) is 18.6. The number of nitrogens with zero attached hydrogens (tertiary/aromatic N) is 2. The summed E-state index contributed by atoms with van der Waals surface area (Å²) in [7, 11) is 0. The van der Waals surface area contributed by atoms with Gasteiger partial charge in [-0.1, -0.05) is 0 Å². The topological polar surface area (TPSA) is 136 Å². The third-order valence-corrected chi connectivity index (χ3v) is 4.29. The minimum absolute atomic E-state index is 0.0535. The van der Waals surface area contributed by atoms with Crippen molar-refractivity contribution in [3.8, 4) is 0 Å². The molecule has 2 amide bonds. The highest BCUT2D eigenvalue weighted by Crippen LogP contribution is 2.26. The SMILES string of the molecule is NC(=O)CC(O)[C@@H]1C[C@H](S)CN1C(=O)OCc1ccc([N+](=O)[O-])cc1. The first-order chi connectivity index (χ1) is 11.8. The Morgan fingerprint density at radius 1 is 1.44 bits per heavy atom. The lowest BCUT2D eigenvalue weighted by Crippen LogP contribution is -2.44. The van der Waals surface area contributed by atoms with Gasteiger partial charge in [0.05, 0.1) is 23.5 Å². The van der Waals surface area contributed by atoms with Gasteiger partial charge in [-0.3, -0.25) is 14.9 Å². The smallest absolute Gasteiger partial charge is 0.410 e. The maximum atomic E-state index is 12.3. The molecule has 3 atom stereocenters. The summed E-state index contributed by atoms with van der Waals surface area (Å²) in [6.45, 7) is 0.214. The molecule has 1 unspecified atom stereocenters. The molecule has 2 rings (SSSR count). The fourth-order valence-corrected chi connectivity index (χ4v) is 3.09. The van der Waals surface area contributed by atoms with Crippen molar-refractivity contribution in [3.05, 3.63) is 39.9 Å². The van der Waals surface area contributed by atoms with E-state index in [1.54, 1.807) is 0 Å². The van der Waals surface area contributed by atoms with Crippen molar-refractivity contribution >= 4 is 30.3 Å². The second-order valence-electron chi connectivity index (χ2n) is 5.83. The van der Waals surface area contributed by atoms with Gasteiger partial charge >= 0.3 is 6.09 Å². The lowest BCUT2D eigenvalue weighted by atomic mass is 10.1. The molecular weight excluding hydrogens is 350 g/mol. The zero-order valence-corrected chi connectivity index (χ0v) is 14.2. The van der Waals surface area contributed by atoms with Crippen LogP contribution in [0.15, 0.2) is 24.3 Å². The maximum absolute atomic E-state index is 12.3. The molecule has 10 heteroatoms. The number of nitrogens with two attached hydrogens (primary N) is 1. The number of carbonyl (C=O) groups excluding carboxylic acids is 2. The second-order valence-corrected chi connectivity index (χ2v) is 6.56. The molecule has 1 heterocycles. The Kier molecular flexibility index (Phi) is 6.21. The zero-order valence-electron chi connectivity index (χ0n) is 13.3. The van der Waals surface area contributed by atoms with Crippen molar-refractivity contribution in [1.29, 1.82) is 0 Å². The van der Waals surface area contributed by atoms with Gasteiger partial charge in [-0.25, -0.2) is 4.79 Å². The highest BCUT2D eigenvalue weighted by Gasteiger charge is 2.39. The van der Waals surface area contributed by atoms with Crippen molar-refractivity contribution in [3.63, 3.8) is 0 Å². The molecule has 0 spiro atoms. The number of benzene rings is 1. The number of carbonyl (C=O) groups is 2. The minimum atomic E-state index is -1.08. The maximum Gasteiger partial charge on any atom is 0.410 e. The Balaban J connectivity index is 1.96. The van der Waals surface area contributed by atoms with Crippen LogP contribution >= 0.6 is 12.6 Å². The highest BCUT2D eigenvalue weighted by molar-refractivity contribution is 7.81. The molecule has 1 saturated heterocycles. The molecule has 136 valence electrons. The largest absolute Gasteiger partial charge is 0.445 e. The molecule has 0 aliphatic carbocycles. The van der Waals surface area contributed by atoms with E-state index in [-0.39, 0.29) is 30.5 Å². The average Bonchev–Trinajstić information content (AvgIpc) is 2.94. The lowest BCUT2D eigenvalue weighted by molar-refractivity contribution is -0.384. The molecule has 0 aromatic heterocycles. The third-order valence-electron chi connectivity index (χ3n) is 3.92. The molecule has 3 N–H and O–H groups in total. The van der Waals surface area contributed by atoms with Crippen molar-refractivity contribution in [2.45, 2.75) is 36.8 Å². The second kappa shape index (κ2) is 8.17. The predicted molar refractivity (Wildman–Crippen MR) is 91.0 cm³/mol. The first-order valence-corrected chi connectivity index (χ1v) is 8.10. The van der Waals surface area contributed by atoms with Gasteiger partial charge in [0.1, 0.15) is 6.61 Å². The van der Waals surface area contributed by atoms with Crippen LogP contribution in [0.5, 0.6) is 0 Å². The molecule has 1 aliphatic heterocycles. The van der Waals surface area contributed by atoms with E-state index in [4.69, 9.17) is 10.5 Å². The molecule has 1 aromatic carbocycles. The molecule has 25 heavy (non-hydrogen) atoms. The average molecular weight is 369 g/mol. The highest BCUT2D eigenvalue weighted by atomic mass is 32.1. The number of nitro benzene ring substituents is 1. The molecule has 9 nitrogen and oxygen atoms in total. The Labute approximate surface area is 149 Å². The lowest BCUT2D eigenvalue weighted by Gasteiger charge is -2.27. The normalized spacial score (nSPS) is 21.0. The van der Waals surface area contributed by atoms with Gasteiger partial charge in [0.25, 0.3) is 5.69 Å². The van der Waals surface area contributed by atoms with Gasteiger partial charge < -0.3 is 20.5 Å². The van der Waals surface area contributed by atoms with Crippen LogP contribution in [0.25, 0.3) is 0 Å². The fourth-order valence-electron chi connectivity index (χ4n) is 2.70. The molecular formula is C15H19N3O6S. The third kappa shape index (κ3) is 5.07. The number of aliphatic hydroxyl groups excluding tert-OH is 1. The monoisotopic (exact) mass is 369 g/mol. The van der Waals surface area contributed by atoms with E-state index in [1.807, 2.05) is 0 Å². The molecule has 0 bridgehead atoms. The number of primary amides is 1. The van der Waals surface area contributed by atoms with Gasteiger partial charge in [-0.15, -0.1) is 0 Å². The summed E-state index contributed by atoms with van der Waals surface area (Å²) >= 11 is 4.32. The van der Waals surface area contributed by atoms with Crippen molar-refractivity contribution < 1.29 is 24.4 Å². The van der Waals surface area contributed by atoms with Crippen LogP contribution in [-0.2, 0) is 16.1 Å². The van der Waals surface area contributed by atoms with Crippen molar-refractivity contribution in [2.24, 2.45) is 5.73 Å². The molecule has 0 saturated carbocycles. The van der Waals surface area contributed by atoms with E-state index in [0.29, 0.717) is 12.0 Å². The van der Waals surface area contributed by atoms with E-state index >= 15 is 0 Å². The summed E-state index contributed by atoms with van der Waals surface area (Å²) in [4.78, 5) is 34.7. The van der Waals surface area contributed by atoms with Crippen LogP contribution in [-0.4, -0.2) is 50.9 Å². The summed E-state index contributed by atoms with van der Waals surface area (Å²) in [5, 5.41) is 20.5. The molecule has 1 aliphatic rings. The first kappa shape index (κ1) is 19.0. The van der Waals surface area contributed by atoms with Crippen LogP contribution in [0, 0.1) is 10.1 Å². The van der Waals surface area contributed by atoms with E-state index < -0.39 is 29.1 Å². The van der Waals surface area contributed by atoms with E-state index in [0.717, 1.165) is 0 Å². The Morgan fingerprint density at radius 3 is 2.64 bits per heavy atom. The molecule has 0 radical (unpaired) electrons. The van der Waals surface area contributed by atoms with E-state index in [2.05, 4.69) is 12.6 Å². The fraction of sp³-hybridized carbons (Fsp3) is 0.467. The van der Waals surface area contributed by atoms with Gasteiger partial charge in [0.2, 0.25) is 5.91 Å². The quantitative estimate of drug-likeness (QED) is 0.386. The Morgan fingerprint density at radius 2 is 2.08 bits per heavy atom. The number of hydrogen-bond acceptors (Lipinski definition) is 7. The number of nitro groups is 1. The first-order valence-electron chi connectivity index (χ1n) is 7.59. The summed E-state index contributed by atoms with van der Waals surface area (Å²) in [5.41, 5.74) is 5.62. The molecule has 1 fully saturated rings. The number of hydrogen-bond donors (Lipinski definition) is 3. The van der Waals surface area contributed by atoms with Crippen molar-refractivity contribution in [2.75, 3.05) is 6.54 Å². The van der Waals surface area contributed by atoms with Gasteiger partial charge in [-0.2, -0.15) is 12.6 Å². The summed E-state index contributed by atoms with van der Waals surface area (Å²) in [5.74, 6) is -0.658. The van der Waals surface area contributed by atoms with Gasteiger partial charge in [-0.05, 0) is 24.1 Å². The Bertz CT molecular complexity index is 653. The molecule has 1 aromatic rings. The van der Waals surface area contributed by atoms with Gasteiger partial charge in [0, 0.05) is 23.9 Å².